The highest BCUT2D eigenvalue weighted by Gasteiger charge is 2.16. The second-order valence-electron chi connectivity index (χ2n) is 7.27. The summed E-state index contributed by atoms with van der Waals surface area (Å²) in [6.45, 7) is 0.414. The third-order valence-electron chi connectivity index (χ3n) is 4.89. The Hall–Kier alpha value is -3.62. The molecule has 33 heavy (non-hydrogen) atoms. The summed E-state index contributed by atoms with van der Waals surface area (Å²) in [7, 11) is -3.87. The van der Waals surface area contributed by atoms with Gasteiger partial charge in [0.05, 0.1) is 16.3 Å². The number of carbonyl (C=O) groups excluding carboxylic acids is 1. The fourth-order valence-electron chi connectivity index (χ4n) is 3.23. The van der Waals surface area contributed by atoms with Crippen molar-refractivity contribution in [1.29, 1.82) is 0 Å². The zero-order valence-electron chi connectivity index (χ0n) is 17.5. The van der Waals surface area contributed by atoms with Gasteiger partial charge in [-0.1, -0.05) is 35.9 Å². The Morgan fingerprint density at radius 3 is 2.48 bits per heavy atom. The molecule has 168 valence electrons. The molecule has 0 unspecified atom stereocenters. The van der Waals surface area contributed by atoms with Crippen molar-refractivity contribution >= 4 is 33.2 Å². The highest BCUT2D eigenvalue weighted by Crippen LogP contribution is 2.20. The Morgan fingerprint density at radius 1 is 0.970 bits per heavy atom. The molecule has 7 nitrogen and oxygen atoms in total. The smallest absolute Gasteiger partial charge is 0.261 e. The van der Waals surface area contributed by atoms with Gasteiger partial charge in [-0.15, -0.1) is 0 Å². The van der Waals surface area contributed by atoms with Gasteiger partial charge in [0.15, 0.2) is 0 Å². The van der Waals surface area contributed by atoms with E-state index in [2.05, 4.69) is 15.1 Å². The summed E-state index contributed by atoms with van der Waals surface area (Å²) in [5.74, 6) is -0.344. The molecule has 0 spiro atoms. The number of sulfonamides is 1. The SMILES string of the molecule is O=C(NCCc1ccc(-n2cccn2)cc1)c1cccc(S(=O)(=O)Nc2cccc(Cl)c2)c1. The molecular weight excluding hydrogens is 460 g/mol. The molecule has 0 bridgehead atoms. The van der Waals surface area contributed by atoms with Gasteiger partial charge in [-0.2, -0.15) is 5.10 Å². The van der Waals surface area contributed by atoms with E-state index in [0.717, 1.165) is 11.3 Å². The molecule has 0 aliphatic heterocycles. The van der Waals surface area contributed by atoms with Gasteiger partial charge in [0.25, 0.3) is 15.9 Å². The predicted molar refractivity (Wildman–Crippen MR) is 128 cm³/mol. The minimum absolute atomic E-state index is 0.00987. The van der Waals surface area contributed by atoms with Crippen molar-refractivity contribution < 1.29 is 13.2 Å². The molecule has 0 saturated heterocycles. The summed E-state index contributed by atoms with van der Waals surface area (Å²) < 4.78 is 29.7. The van der Waals surface area contributed by atoms with Crippen LogP contribution in [0.4, 0.5) is 5.69 Å². The summed E-state index contributed by atoms with van der Waals surface area (Å²) in [5.41, 5.74) is 2.62. The van der Waals surface area contributed by atoms with Crippen LogP contribution in [0.3, 0.4) is 0 Å². The monoisotopic (exact) mass is 480 g/mol. The third-order valence-corrected chi connectivity index (χ3v) is 6.50. The molecule has 4 aromatic rings. The van der Waals surface area contributed by atoms with Crippen LogP contribution in [0.15, 0.2) is 96.2 Å². The summed E-state index contributed by atoms with van der Waals surface area (Å²) in [5, 5.41) is 7.45. The van der Waals surface area contributed by atoms with E-state index in [4.69, 9.17) is 11.6 Å². The van der Waals surface area contributed by atoms with E-state index in [-0.39, 0.29) is 16.4 Å². The van der Waals surface area contributed by atoms with Gasteiger partial charge in [-0.25, -0.2) is 13.1 Å². The van der Waals surface area contributed by atoms with Crippen LogP contribution in [0.25, 0.3) is 5.69 Å². The quantitative estimate of drug-likeness (QED) is 0.393. The Kier molecular flexibility index (Phi) is 6.76. The fourth-order valence-corrected chi connectivity index (χ4v) is 4.52. The van der Waals surface area contributed by atoms with Crippen LogP contribution in [0.2, 0.25) is 5.02 Å². The Bertz CT molecular complexity index is 1350. The maximum Gasteiger partial charge on any atom is 0.261 e. The van der Waals surface area contributed by atoms with E-state index in [1.807, 2.05) is 36.5 Å². The van der Waals surface area contributed by atoms with E-state index in [1.54, 1.807) is 35.1 Å². The number of aromatic nitrogens is 2. The van der Waals surface area contributed by atoms with Crippen LogP contribution in [0, 0.1) is 0 Å². The second-order valence-corrected chi connectivity index (χ2v) is 9.39. The molecule has 9 heteroatoms. The van der Waals surface area contributed by atoms with Crippen LogP contribution in [-0.4, -0.2) is 30.7 Å². The van der Waals surface area contributed by atoms with Gasteiger partial charge in [0, 0.05) is 29.5 Å². The predicted octanol–water partition coefficient (Wildman–Crippen LogP) is 4.30. The summed E-state index contributed by atoms with van der Waals surface area (Å²) in [4.78, 5) is 12.6. The number of amides is 1. The van der Waals surface area contributed by atoms with E-state index < -0.39 is 10.0 Å². The maximum atomic E-state index is 12.7. The van der Waals surface area contributed by atoms with Gasteiger partial charge in [0.1, 0.15) is 0 Å². The Labute approximate surface area is 197 Å². The number of nitrogens with one attached hydrogen (secondary N) is 2. The van der Waals surface area contributed by atoms with Gasteiger partial charge in [-0.3, -0.25) is 9.52 Å². The van der Waals surface area contributed by atoms with Crippen molar-refractivity contribution in [3.05, 3.63) is 107 Å². The lowest BCUT2D eigenvalue weighted by Crippen LogP contribution is -2.26. The van der Waals surface area contributed by atoms with E-state index >= 15 is 0 Å². The number of nitrogens with zero attached hydrogens (tertiary/aromatic N) is 2. The molecule has 1 amide bonds. The maximum absolute atomic E-state index is 12.7. The van der Waals surface area contributed by atoms with Crippen LogP contribution < -0.4 is 10.0 Å². The Morgan fingerprint density at radius 2 is 1.76 bits per heavy atom. The minimum Gasteiger partial charge on any atom is -0.352 e. The molecule has 0 atom stereocenters. The normalized spacial score (nSPS) is 11.2. The number of rotatable bonds is 8. The molecule has 0 saturated carbocycles. The minimum atomic E-state index is -3.87. The summed E-state index contributed by atoms with van der Waals surface area (Å²) in [6.07, 6.45) is 4.23. The van der Waals surface area contributed by atoms with E-state index in [1.165, 1.54) is 24.3 Å². The number of carbonyl (C=O) groups is 1. The molecule has 0 aliphatic rings. The zero-order valence-corrected chi connectivity index (χ0v) is 19.1. The summed E-state index contributed by atoms with van der Waals surface area (Å²) in [6, 6.07) is 22.1. The number of benzene rings is 3. The molecule has 0 radical (unpaired) electrons. The highest BCUT2D eigenvalue weighted by molar-refractivity contribution is 7.92. The first-order chi connectivity index (χ1) is 15.9. The van der Waals surface area contributed by atoms with Gasteiger partial charge < -0.3 is 5.32 Å². The average molecular weight is 481 g/mol. The van der Waals surface area contributed by atoms with Crippen molar-refractivity contribution in [1.82, 2.24) is 15.1 Å². The molecule has 0 fully saturated rings. The first kappa shape index (κ1) is 22.6. The second kappa shape index (κ2) is 9.89. The molecule has 4 rings (SSSR count). The molecule has 1 aromatic heterocycles. The van der Waals surface area contributed by atoms with Crippen LogP contribution >= 0.6 is 11.6 Å². The topological polar surface area (TPSA) is 93.1 Å². The molecular formula is C24H21ClN4O3S. The lowest BCUT2D eigenvalue weighted by Gasteiger charge is -2.10. The number of hydrogen-bond acceptors (Lipinski definition) is 4. The van der Waals surface area contributed by atoms with Gasteiger partial charge in [0.2, 0.25) is 0 Å². The number of halogens is 1. The summed E-state index contributed by atoms with van der Waals surface area (Å²) >= 11 is 5.92. The first-order valence-corrected chi connectivity index (χ1v) is 12.0. The number of anilines is 1. The largest absolute Gasteiger partial charge is 0.352 e. The molecule has 2 N–H and O–H groups in total. The molecule has 1 heterocycles. The first-order valence-electron chi connectivity index (χ1n) is 10.2. The lowest BCUT2D eigenvalue weighted by molar-refractivity contribution is 0.0954. The molecule has 3 aromatic carbocycles. The van der Waals surface area contributed by atoms with Crippen LogP contribution in [0.5, 0.6) is 0 Å². The fraction of sp³-hybridized carbons (Fsp3) is 0.0833. The highest BCUT2D eigenvalue weighted by atomic mass is 35.5. The zero-order chi connectivity index (χ0) is 23.3. The van der Waals surface area contributed by atoms with Crippen molar-refractivity contribution in [3.63, 3.8) is 0 Å². The standard InChI is InChI=1S/C24H21ClN4O3S/c25-20-5-2-6-21(17-20)28-33(31,32)23-7-1-4-19(16-23)24(30)26-14-12-18-8-10-22(11-9-18)29-15-3-13-27-29/h1-11,13,15-17,28H,12,14H2,(H,26,30). The van der Waals surface area contributed by atoms with Crippen molar-refractivity contribution in [2.45, 2.75) is 11.3 Å². The van der Waals surface area contributed by atoms with E-state index in [9.17, 15) is 13.2 Å². The molecule has 0 aliphatic carbocycles. The van der Waals surface area contributed by atoms with E-state index in [0.29, 0.717) is 23.7 Å². The van der Waals surface area contributed by atoms with Gasteiger partial charge in [-0.05, 0) is 66.6 Å². The van der Waals surface area contributed by atoms with Crippen molar-refractivity contribution in [2.24, 2.45) is 0 Å². The van der Waals surface area contributed by atoms with Crippen LogP contribution in [-0.2, 0) is 16.4 Å². The average Bonchev–Trinajstić information content (AvgIpc) is 3.34. The Balaban J connectivity index is 1.36. The lowest BCUT2D eigenvalue weighted by atomic mass is 10.1. The third kappa shape index (κ3) is 5.79. The van der Waals surface area contributed by atoms with Gasteiger partial charge >= 0.3 is 0 Å². The van der Waals surface area contributed by atoms with Crippen molar-refractivity contribution in [3.8, 4) is 5.69 Å². The van der Waals surface area contributed by atoms with Crippen molar-refractivity contribution in [2.75, 3.05) is 11.3 Å². The van der Waals surface area contributed by atoms with Crippen LogP contribution in [0.1, 0.15) is 15.9 Å². The number of hydrogen-bond donors (Lipinski definition) is 2.